The molecule has 0 spiro atoms. The van der Waals surface area contributed by atoms with Gasteiger partial charge in [0, 0.05) is 28.5 Å². The number of phenolic OH excluding ortho intramolecular Hbond substituents is 1. The predicted molar refractivity (Wildman–Crippen MR) is 167 cm³/mol. The molecule has 0 saturated carbocycles. The van der Waals surface area contributed by atoms with E-state index in [0.29, 0.717) is 5.56 Å². The fraction of sp³-hybridized carbons (Fsp3) is 0.0270. The largest absolute Gasteiger partial charge is 0.507 e. The van der Waals surface area contributed by atoms with E-state index in [9.17, 15) is 5.11 Å². The summed E-state index contributed by atoms with van der Waals surface area (Å²) < 4.78 is 2.14. The van der Waals surface area contributed by atoms with Crippen LogP contribution in [0.1, 0.15) is 5.56 Å². The third-order valence-electron chi connectivity index (χ3n) is 7.47. The molecule has 0 unspecified atom stereocenters. The molecular formula is C37H27N3O. The van der Waals surface area contributed by atoms with Crippen molar-refractivity contribution in [2.75, 3.05) is 0 Å². The molecule has 41 heavy (non-hydrogen) atoms. The van der Waals surface area contributed by atoms with Crippen LogP contribution in [-0.2, 0) is 0 Å². The molecule has 0 amide bonds. The number of hydrogen-bond donors (Lipinski definition) is 1. The Morgan fingerprint density at radius 1 is 0.537 bits per heavy atom. The number of phenols is 1. The number of fused-ring (bicyclic) bond motifs is 1. The Labute approximate surface area is 238 Å². The highest BCUT2D eigenvalue weighted by Crippen LogP contribution is 2.37. The fourth-order valence-corrected chi connectivity index (χ4v) is 5.45. The van der Waals surface area contributed by atoms with Crippen molar-refractivity contribution in [3.8, 4) is 61.9 Å². The van der Waals surface area contributed by atoms with Crippen molar-refractivity contribution in [3.05, 3.63) is 145 Å². The number of hydrogen-bond acceptors (Lipinski definition) is 3. The Hall–Kier alpha value is -5.48. The fourth-order valence-electron chi connectivity index (χ4n) is 5.45. The summed E-state index contributed by atoms with van der Waals surface area (Å²) in [6.45, 7) is 2.12. The molecule has 0 bridgehead atoms. The number of pyridine rings is 2. The molecule has 7 rings (SSSR count). The van der Waals surface area contributed by atoms with E-state index in [2.05, 4.69) is 96.4 Å². The molecule has 4 heteroatoms. The van der Waals surface area contributed by atoms with Gasteiger partial charge in [-0.1, -0.05) is 91.0 Å². The van der Waals surface area contributed by atoms with Crippen molar-refractivity contribution in [2.45, 2.75) is 6.92 Å². The summed E-state index contributed by atoms with van der Waals surface area (Å²) in [6.07, 6.45) is 2.06. The second kappa shape index (κ2) is 10.2. The molecule has 4 aromatic carbocycles. The monoisotopic (exact) mass is 529 g/mol. The Morgan fingerprint density at radius 3 is 2.05 bits per heavy atom. The minimum absolute atomic E-state index is 0.207. The minimum atomic E-state index is 0.207. The van der Waals surface area contributed by atoms with E-state index in [-0.39, 0.29) is 5.75 Å². The van der Waals surface area contributed by atoms with Gasteiger partial charge in [0.1, 0.15) is 11.4 Å². The first kappa shape index (κ1) is 24.6. The first-order valence-corrected chi connectivity index (χ1v) is 13.7. The van der Waals surface area contributed by atoms with Crippen molar-refractivity contribution in [3.63, 3.8) is 0 Å². The molecule has 0 aliphatic rings. The van der Waals surface area contributed by atoms with Gasteiger partial charge in [-0.2, -0.15) is 0 Å². The highest BCUT2D eigenvalue weighted by atomic mass is 16.3. The van der Waals surface area contributed by atoms with Gasteiger partial charge < -0.3 is 5.11 Å². The van der Waals surface area contributed by atoms with Crippen LogP contribution in [0.5, 0.6) is 5.75 Å². The molecule has 3 heterocycles. The highest BCUT2D eigenvalue weighted by molar-refractivity contribution is 5.85. The van der Waals surface area contributed by atoms with Crippen LogP contribution < -0.4 is 0 Å². The van der Waals surface area contributed by atoms with Crippen LogP contribution in [0.3, 0.4) is 0 Å². The second-order valence-corrected chi connectivity index (χ2v) is 10.1. The first-order chi connectivity index (χ1) is 20.2. The third kappa shape index (κ3) is 4.56. The summed E-state index contributed by atoms with van der Waals surface area (Å²) in [5.74, 6) is 0.207. The summed E-state index contributed by atoms with van der Waals surface area (Å²) in [5.41, 5.74) is 11.6. The number of nitrogens with zero attached hydrogens (tertiary/aromatic N) is 3. The minimum Gasteiger partial charge on any atom is -0.507 e. The molecule has 7 aromatic rings. The van der Waals surface area contributed by atoms with Crippen LogP contribution in [0.15, 0.2) is 140 Å². The van der Waals surface area contributed by atoms with E-state index in [0.717, 1.165) is 56.2 Å². The molecule has 0 atom stereocenters. The normalized spacial score (nSPS) is 11.1. The zero-order valence-corrected chi connectivity index (χ0v) is 22.6. The van der Waals surface area contributed by atoms with Crippen LogP contribution in [0.25, 0.3) is 61.8 Å². The average molecular weight is 530 g/mol. The maximum atomic E-state index is 10.7. The zero-order chi connectivity index (χ0) is 27.8. The van der Waals surface area contributed by atoms with Crippen LogP contribution in [0.4, 0.5) is 0 Å². The molecule has 1 N–H and O–H groups in total. The number of imidazole rings is 1. The summed E-state index contributed by atoms with van der Waals surface area (Å²) in [4.78, 5) is 10.1. The van der Waals surface area contributed by atoms with Crippen molar-refractivity contribution in [2.24, 2.45) is 0 Å². The lowest BCUT2D eigenvalue weighted by molar-refractivity contribution is 0.477. The van der Waals surface area contributed by atoms with Gasteiger partial charge in [0.25, 0.3) is 0 Å². The first-order valence-electron chi connectivity index (χ1n) is 13.7. The quantitative estimate of drug-likeness (QED) is 0.242. The number of rotatable bonds is 5. The molecule has 196 valence electrons. The smallest absolute Gasteiger partial charge is 0.137 e. The van der Waals surface area contributed by atoms with E-state index in [1.165, 1.54) is 5.56 Å². The lowest BCUT2D eigenvalue weighted by Gasteiger charge is -2.13. The maximum Gasteiger partial charge on any atom is 0.137 e. The third-order valence-corrected chi connectivity index (χ3v) is 7.47. The van der Waals surface area contributed by atoms with Crippen molar-refractivity contribution >= 4 is 5.65 Å². The summed E-state index contributed by atoms with van der Waals surface area (Å²) in [6, 6.07) is 44.8. The Morgan fingerprint density at radius 2 is 1.22 bits per heavy atom. The van der Waals surface area contributed by atoms with Gasteiger partial charge >= 0.3 is 0 Å². The molecule has 0 fully saturated rings. The Kier molecular flexibility index (Phi) is 6.14. The van der Waals surface area contributed by atoms with Gasteiger partial charge in [-0.25, -0.2) is 9.97 Å². The van der Waals surface area contributed by atoms with E-state index in [4.69, 9.17) is 9.97 Å². The average Bonchev–Trinajstić information content (AvgIpc) is 3.42. The predicted octanol–water partition coefficient (Wildman–Crippen LogP) is 9.08. The maximum absolute atomic E-state index is 10.7. The number of aromatic nitrogens is 3. The van der Waals surface area contributed by atoms with E-state index in [1.807, 2.05) is 48.5 Å². The topological polar surface area (TPSA) is 50.4 Å². The van der Waals surface area contributed by atoms with Gasteiger partial charge in [-0.15, -0.1) is 0 Å². The summed E-state index contributed by atoms with van der Waals surface area (Å²) >= 11 is 0. The summed E-state index contributed by atoms with van der Waals surface area (Å²) in [7, 11) is 0. The number of benzene rings is 4. The van der Waals surface area contributed by atoms with Crippen molar-refractivity contribution < 1.29 is 5.11 Å². The number of para-hydroxylation sites is 1. The molecular weight excluding hydrogens is 502 g/mol. The Bertz CT molecular complexity index is 1960. The van der Waals surface area contributed by atoms with Gasteiger partial charge in [0.05, 0.1) is 22.8 Å². The Balaban J connectivity index is 1.43. The van der Waals surface area contributed by atoms with E-state index in [1.54, 1.807) is 6.07 Å². The van der Waals surface area contributed by atoms with E-state index < -0.39 is 0 Å². The SMILES string of the molecule is Cc1ccccc1-c1cc(-c2cccc(-c3nc4ccccn4c3-c3ccccc3)c2)nc(-c2ccccc2O)c1. The van der Waals surface area contributed by atoms with Crippen molar-refractivity contribution in [1.82, 2.24) is 14.4 Å². The van der Waals surface area contributed by atoms with Gasteiger partial charge in [-0.05, 0) is 66.1 Å². The van der Waals surface area contributed by atoms with E-state index >= 15 is 0 Å². The van der Waals surface area contributed by atoms with Crippen LogP contribution in [-0.4, -0.2) is 19.5 Å². The molecule has 0 radical (unpaired) electrons. The van der Waals surface area contributed by atoms with Gasteiger partial charge in [-0.3, -0.25) is 4.40 Å². The van der Waals surface area contributed by atoms with Crippen LogP contribution in [0.2, 0.25) is 0 Å². The molecule has 4 nitrogen and oxygen atoms in total. The lowest BCUT2D eigenvalue weighted by Crippen LogP contribution is -1.93. The molecule has 0 aliphatic heterocycles. The van der Waals surface area contributed by atoms with Gasteiger partial charge in [0.15, 0.2) is 0 Å². The molecule has 0 saturated heterocycles. The second-order valence-electron chi connectivity index (χ2n) is 10.1. The standard InChI is InChI=1S/C37H27N3O/c1-25-12-5-6-17-30(25)29-23-32(38-33(24-29)31-18-7-8-19-34(31)41)27-15-11-16-28(22-27)36-37(26-13-3-2-4-14-26)40-21-10-9-20-35(40)39-36/h2-24,41H,1H3. The molecule has 0 aliphatic carbocycles. The highest BCUT2D eigenvalue weighted by Gasteiger charge is 2.17. The van der Waals surface area contributed by atoms with Crippen molar-refractivity contribution in [1.29, 1.82) is 0 Å². The van der Waals surface area contributed by atoms with Crippen LogP contribution >= 0.6 is 0 Å². The summed E-state index contributed by atoms with van der Waals surface area (Å²) in [5, 5.41) is 10.7. The number of aryl methyl sites for hydroxylation is 1. The zero-order valence-electron chi connectivity index (χ0n) is 22.6. The molecule has 3 aromatic heterocycles. The van der Waals surface area contributed by atoms with Crippen LogP contribution in [0, 0.1) is 6.92 Å². The van der Waals surface area contributed by atoms with Gasteiger partial charge in [0.2, 0.25) is 0 Å². The lowest BCUT2D eigenvalue weighted by atomic mass is 9.96. The number of aromatic hydroxyl groups is 1.